The number of benzene rings is 2. The highest BCUT2D eigenvalue weighted by Gasteiger charge is 2.12. The van der Waals surface area contributed by atoms with Crippen LogP contribution in [0.4, 0.5) is 8.78 Å². The van der Waals surface area contributed by atoms with Crippen LogP contribution in [0.25, 0.3) is 0 Å². The molecule has 0 radical (unpaired) electrons. The third-order valence-electron chi connectivity index (χ3n) is 4.25. The van der Waals surface area contributed by atoms with Gasteiger partial charge in [0.25, 0.3) is 0 Å². The van der Waals surface area contributed by atoms with Gasteiger partial charge in [-0.2, -0.15) is 8.78 Å². The molecule has 0 saturated heterocycles. The number of fused-ring (bicyclic) bond motifs is 1. The Hall–Kier alpha value is -2.34. The first kappa shape index (κ1) is 18.5. The molecule has 0 bridgehead atoms. The van der Waals surface area contributed by atoms with Gasteiger partial charge in [0.2, 0.25) is 0 Å². The molecule has 1 aliphatic heterocycles. The third kappa shape index (κ3) is 4.64. The molecule has 0 spiro atoms. The topological polar surface area (TPSA) is 39.7 Å². The number of aryl methyl sites for hydroxylation is 2. The second-order valence-corrected chi connectivity index (χ2v) is 6.34. The molecular weight excluding hydrogens is 340 g/mol. The van der Waals surface area contributed by atoms with E-state index in [2.05, 4.69) is 10.1 Å². The van der Waals surface area contributed by atoms with Crippen molar-refractivity contribution in [2.24, 2.45) is 0 Å². The number of ether oxygens (including phenoxy) is 3. The molecular formula is C20H23F2NO3. The maximum absolute atomic E-state index is 12.4. The lowest BCUT2D eigenvalue weighted by atomic mass is 10.1. The molecule has 0 atom stereocenters. The van der Waals surface area contributed by atoms with E-state index in [0.717, 1.165) is 30.0 Å². The Kier molecular flexibility index (Phi) is 5.93. The van der Waals surface area contributed by atoms with Gasteiger partial charge in [0.1, 0.15) is 19.0 Å². The molecule has 0 unspecified atom stereocenters. The fraction of sp³-hybridized carbons (Fsp3) is 0.400. The van der Waals surface area contributed by atoms with Gasteiger partial charge in [0.15, 0.2) is 11.5 Å². The van der Waals surface area contributed by atoms with E-state index in [9.17, 15) is 8.78 Å². The molecule has 0 aromatic heterocycles. The number of rotatable bonds is 7. The van der Waals surface area contributed by atoms with E-state index in [0.29, 0.717) is 30.9 Å². The van der Waals surface area contributed by atoms with Crippen LogP contribution in [-0.2, 0) is 13.0 Å². The normalized spacial score (nSPS) is 13.1. The summed E-state index contributed by atoms with van der Waals surface area (Å²) in [5, 5.41) is 3.38. The van der Waals surface area contributed by atoms with Crippen molar-refractivity contribution in [3.8, 4) is 17.2 Å². The van der Waals surface area contributed by atoms with Crippen LogP contribution in [0.15, 0.2) is 30.3 Å². The summed E-state index contributed by atoms with van der Waals surface area (Å²) in [6, 6.07) is 9.75. The summed E-state index contributed by atoms with van der Waals surface area (Å²) in [6.07, 6.45) is 0.862. The van der Waals surface area contributed by atoms with Crippen LogP contribution in [0.5, 0.6) is 17.2 Å². The molecule has 1 heterocycles. The molecule has 1 aliphatic rings. The standard InChI is InChI=1S/C20H23F2NO3/c1-13-9-16(10-14(2)19(13)26-20(21)22)12-23-6-5-15-3-4-17-18(11-15)25-8-7-24-17/h3-4,9-11,20,23H,5-8,12H2,1-2H3. The van der Waals surface area contributed by atoms with Crippen LogP contribution in [0, 0.1) is 13.8 Å². The van der Waals surface area contributed by atoms with Gasteiger partial charge in [-0.15, -0.1) is 0 Å². The minimum atomic E-state index is -2.80. The molecule has 2 aromatic carbocycles. The fourth-order valence-corrected chi connectivity index (χ4v) is 3.13. The quantitative estimate of drug-likeness (QED) is 0.755. The summed E-state index contributed by atoms with van der Waals surface area (Å²) in [7, 11) is 0. The first-order valence-corrected chi connectivity index (χ1v) is 8.67. The molecule has 0 aliphatic carbocycles. The molecule has 140 valence electrons. The zero-order valence-electron chi connectivity index (χ0n) is 15.0. The second-order valence-electron chi connectivity index (χ2n) is 6.34. The maximum Gasteiger partial charge on any atom is 0.387 e. The average Bonchev–Trinajstić information content (AvgIpc) is 2.61. The van der Waals surface area contributed by atoms with Crippen LogP contribution in [0.3, 0.4) is 0 Å². The highest BCUT2D eigenvalue weighted by Crippen LogP contribution is 2.31. The third-order valence-corrected chi connectivity index (χ3v) is 4.25. The van der Waals surface area contributed by atoms with E-state index in [1.54, 1.807) is 13.8 Å². The van der Waals surface area contributed by atoms with E-state index in [1.807, 2.05) is 30.3 Å². The van der Waals surface area contributed by atoms with Crippen molar-refractivity contribution in [2.75, 3.05) is 19.8 Å². The van der Waals surface area contributed by atoms with E-state index in [-0.39, 0.29) is 5.75 Å². The molecule has 0 saturated carbocycles. The number of hydrogen-bond donors (Lipinski definition) is 1. The van der Waals surface area contributed by atoms with Crippen LogP contribution < -0.4 is 19.5 Å². The zero-order chi connectivity index (χ0) is 18.5. The number of alkyl halides is 2. The van der Waals surface area contributed by atoms with Crippen LogP contribution in [-0.4, -0.2) is 26.4 Å². The molecule has 0 fully saturated rings. The monoisotopic (exact) mass is 363 g/mol. The Labute approximate surface area is 152 Å². The van der Waals surface area contributed by atoms with E-state index >= 15 is 0 Å². The predicted octanol–water partition coefficient (Wildman–Crippen LogP) is 4.01. The average molecular weight is 363 g/mol. The largest absolute Gasteiger partial charge is 0.486 e. The van der Waals surface area contributed by atoms with Crippen molar-refractivity contribution in [1.82, 2.24) is 5.32 Å². The SMILES string of the molecule is Cc1cc(CNCCc2ccc3c(c2)OCCO3)cc(C)c1OC(F)F. The fourth-order valence-electron chi connectivity index (χ4n) is 3.13. The maximum atomic E-state index is 12.4. The van der Waals surface area contributed by atoms with Crippen molar-refractivity contribution in [1.29, 1.82) is 0 Å². The molecule has 3 rings (SSSR count). The van der Waals surface area contributed by atoms with Gasteiger partial charge in [0.05, 0.1) is 0 Å². The van der Waals surface area contributed by atoms with E-state index < -0.39 is 6.61 Å². The van der Waals surface area contributed by atoms with Gasteiger partial charge in [-0.1, -0.05) is 18.2 Å². The van der Waals surface area contributed by atoms with Crippen LogP contribution in [0.1, 0.15) is 22.3 Å². The van der Waals surface area contributed by atoms with Crippen molar-refractivity contribution in [3.05, 3.63) is 52.6 Å². The van der Waals surface area contributed by atoms with Gasteiger partial charge < -0.3 is 19.5 Å². The lowest BCUT2D eigenvalue weighted by Crippen LogP contribution is -2.18. The highest BCUT2D eigenvalue weighted by atomic mass is 19.3. The number of nitrogens with one attached hydrogen (secondary N) is 1. The summed E-state index contributed by atoms with van der Waals surface area (Å²) in [6.45, 7) is 3.40. The van der Waals surface area contributed by atoms with Crippen LogP contribution >= 0.6 is 0 Å². The lowest BCUT2D eigenvalue weighted by Gasteiger charge is -2.19. The minimum Gasteiger partial charge on any atom is -0.486 e. The lowest BCUT2D eigenvalue weighted by molar-refractivity contribution is -0.0507. The summed E-state index contributed by atoms with van der Waals surface area (Å²) in [5.74, 6) is 1.86. The van der Waals surface area contributed by atoms with Crippen molar-refractivity contribution < 1.29 is 23.0 Å². The Morgan fingerprint density at radius 2 is 1.69 bits per heavy atom. The second kappa shape index (κ2) is 8.36. The molecule has 2 aromatic rings. The first-order valence-electron chi connectivity index (χ1n) is 8.67. The van der Waals surface area contributed by atoms with Gasteiger partial charge in [-0.3, -0.25) is 0 Å². The summed E-state index contributed by atoms with van der Waals surface area (Å²) < 4.78 is 40.6. The predicted molar refractivity (Wildman–Crippen MR) is 95.4 cm³/mol. The molecule has 1 N–H and O–H groups in total. The first-order chi connectivity index (χ1) is 12.5. The summed E-state index contributed by atoms with van der Waals surface area (Å²) in [4.78, 5) is 0. The zero-order valence-corrected chi connectivity index (χ0v) is 15.0. The molecule has 4 nitrogen and oxygen atoms in total. The Morgan fingerprint density at radius 1 is 1.00 bits per heavy atom. The Morgan fingerprint density at radius 3 is 2.38 bits per heavy atom. The van der Waals surface area contributed by atoms with E-state index in [1.165, 1.54) is 5.56 Å². The van der Waals surface area contributed by atoms with Gasteiger partial charge in [0, 0.05) is 6.54 Å². The Balaban J connectivity index is 1.52. The summed E-state index contributed by atoms with van der Waals surface area (Å²) in [5.41, 5.74) is 3.65. The van der Waals surface area contributed by atoms with Gasteiger partial charge >= 0.3 is 6.61 Å². The van der Waals surface area contributed by atoms with E-state index in [4.69, 9.17) is 9.47 Å². The smallest absolute Gasteiger partial charge is 0.387 e. The molecule has 26 heavy (non-hydrogen) atoms. The molecule has 6 heteroatoms. The van der Waals surface area contributed by atoms with Crippen molar-refractivity contribution >= 4 is 0 Å². The Bertz CT molecular complexity index is 742. The van der Waals surface area contributed by atoms with Crippen molar-refractivity contribution in [2.45, 2.75) is 33.4 Å². The summed E-state index contributed by atoms with van der Waals surface area (Å²) >= 11 is 0. The van der Waals surface area contributed by atoms with Crippen LogP contribution in [0.2, 0.25) is 0 Å². The van der Waals surface area contributed by atoms with Gasteiger partial charge in [-0.25, -0.2) is 0 Å². The number of halogens is 2. The minimum absolute atomic E-state index is 0.264. The highest BCUT2D eigenvalue weighted by molar-refractivity contribution is 5.44. The molecule has 0 amide bonds. The van der Waals surface area contributed by atoms with Crippen molar-refractivity contribution in [3.63, 3.8) is 0 Å². The van der Waals surface area contributed by atoms with Gasteiger partial charge in [-0.05, 0) is 61.2 Å². The number of hydrogen-bond acceptors (Lipinski definition) is 4.